The van der Waals surface area contributed by atoms with Gasteiger partial charge in [0, 0.05) is 22.8 Å². The minimum Gasteiger partial charge on any atom is -0.317 e. The van der Waals surface area contributed by atoms with Crippen LogP contribution in [0.25, 0.3) is 25.7 Å². The number of thiophene rings is 1. The van der Waals surface area contributed by atoms with Gasteiger partial charge < -0.3 is 9.72 Å². The Balaban J connectivity index is 1.53. The Morgan fingerprint density at radius 2 is 2.00 bits per heavy atom. The molecule has 4 nitrogen and oxygen atoms in total. The number of nitrogens with zero attached hydrogens (tertiary/aromatic N) is 3. The first-order valence-corrected chi connectivity index (χ1v) is 10.1. The fraction of sp³-hybridized carbons (Fsp3) is 0.333. The number of aromatic nitrogens is 3. The summed E-state index contributed by atoms with van der Waals surface area (Å²) in [6.45, 7) is 4.06. The molecule has 7 heteroatoms. The molecule has 0 aliphatic carbocycles. The van der Waals surface area contributed by atoms with E-state index in [0.717, 1.165) is 34.2 Å². The van der Waals surface area contributed by atoms with Crippen LogP contribution in [-0.2, 0) is 0 Å². The fourth-order valence-electron chi connectivity index (χ4n) is 3.48. The van der Waals surface area contributed by atoms with Gasteiger partial charge in [-0.05, 0) is 50.9 Å². The summed E-state index contributed by atoms with van der Waals surface area (Å²) >= 11 is 3.43. The molecule has 128 valence electrons. The molecular formula is C18H17FN4S2. The number of nitrogens with one attached hydrogen (secondary N) is 1. The van der Waals surface area contributed by atoms with E-state index in [1.807, 2.05) is 19.3 Å². The number of rotatable bonds is 2. The van der Waals surface area contributed by atoms with E-state index in [4.69, 9.17) is 4.98 Å². The highest BCUT2D eigenvalue weighted by Crippen LogP contribution is 2.40. The van der Waals surface area contributed by atoms with Gasteiger partial charge in [0.25, 0.3) is 0 Å². The van der Waals surface area contributed by atoms with Crippen molar-refractivity contribution in [3.8, 4) is 10.6 Å². The van der Waals surface area contributed by atoms with Gasteiger partial charge in [-0.15, -0.1) is 22.7 Å². The molecule has 1 fully saturated rings. The van der Waals surface area contributed by atoms with Crippen LogP contribution in [-0.4, -0.2) is 27.5 Å². The summed E-state index contributed by atoms with van der Waals surface area (Å²) in [5, 5.41) is 4.28. The lowest BCUT2D eigenvalue weighted by molar-refractivity contribution is 0.465. The second kappa shape index (κ2) is 5.86. The zero-order chi connectivity index (χ0) is 17.0. The predicted molar refractivity (Wildman–Crippen MR) is 101 cm³/mol. The van der Waals surface area contributed by atoms with E-state index in [0.29, 0.717) is 11.6 Å². The zero-order valence-corrected chi connectivity index (χ0v) is 15.4. The third kappa shape index (κ3) is 2.67. The Hall–Kier alpha value is -1.83. The van der Waals surface area contributed by atoms with Gasteiger partial charge >= 0.3 is 0 Å². The van der Waals surface area contributed by atoms with E-state index < -0.39 is 0 Å². The zero-order valence-electron chi connectivity index (χ0n) is 13.8. The van der Waals surface area contributed by atoms with Crippen molar-refractivity contribution in [2.75, 3.05) is 13.1 Å². The quantitative estimate of drug-likeness (QED) is 0.560. The van der Waals surface area contributed by atoms with Crippen LogP contribution < -0.4 is 5.32 Å². The Labute approximate surface area is 152 Å². The van der Waals surface area contributed by atoms with E-state index in [-0.39, 0.29) is 5.82 Å². The monoisotopic (exact) mass is 372 g/mol. The van der Waals surface area contributed by atoms with Crippen molar-refractivity contribution in [3.05, 3.63) is 40.9 Å². The van der Waals surface area contributed by atoms with Gasteiger partial charge in [-0.3, -0.25) is 0 Å². The van der Waals surface area contributed by atoms with Crippen molar-refractivity contribution in [2.45, 2.75) is 25.7 Å². The number of thiazole rings is 1. The summed E-state index contributed by atoms with van der Waals surface area (Å²) in [5.41, 5.74) is 1.98. The molecule has 25 heavy (non-hydrogen) atoms. The van der Waals surface area contributed by atoms with E-state index in [1.54, 1.807) is 27.1 Å². The molecule has 4 aromatic rings. The summed E-state index contributed by atoms with van der Waals surface area (Å²) < 4.78 is 17.3. The maximum atomic E-state index is 14.3. The van der Waals surface area contributed by atoms with Crippen LogP contribution in [0.1, 0.15) is 29.3 Å². The molecule has 5 rings (SSSR count). The Morgan fingerprint density at radius 3 is 2.80 bits per heavy atom. The highest BCUT2D eigenvalue weighted by molar-refractivity contribution is 7.28. The second-order valence-corrected chi connectivity index (χ2v) is 8.64. The van der Waals surface area contributed by atoms with Gasteiger partial charge in [-0.2, -0.15) is 0 Å². The molecule has 0 bridgehead atoms. The molecule has 0 radical (unpaired) electrons. The lowest BCUT2D eigenvalue weighted by Gasteiger charge is -2.21. The first kappa shape index (κ1) is 15.4. The van der Waals surface area contributed by atoms with Crippen LogP contribution >= 0.6 is 22.7 Å². The lowest BCUT2D eigenvalue weighted by atomic mass is 9.97. The SMILES string of the molecule is Cc1cn2cc(-c3nc4sc(C5CCNCC5)cc4s3)cc(F)c2n1. The lowest BCUT2D eigenvalue weighted by Crippen LogP contribution is -2.26. The summed E-state index contributed by atoms with van der Waals surface area (Å²) in [7, 11) is 0. The number of piperidine rings is 1. The molecule has 0 amide bonds. The molecule has 1 saturated heterocycles. The first-order chi connectivity index (χ1) is 12.2. The third-order valence-electron chi connectivity index (χ3n) is 4.72. The molecule has 0 aromatic carbocycles. The smallest absolute Gasteiger partial charge is 0.173 e. The van der Waals surface area contributed by atoms with Gasteiger partial charge in [-0.1, -0.05) is 0 Å². The molecule has 0 spiro atoms. The van der Waals surface area contributed by atoms with Crippen LogP contribution in [0.3, 0.4) is 0 Å². The first-order valence-electron chi connectivity index (χ1n) is 8.43. The molecule has 1 aliphatic heterocycles. The predicted octanol–water partition coefficient (Wildman–Crippen LogP) is 4.59. The summed E-state index contributed by atoms with van der Waals surface area (Å²) in [5.74, 6) is 0.346. The maximum absolute atomic E-state index is 14.3. The maximum Gasteiger partial charge on any atom is 0.173 e. The van der Waals surface area contributed by atoms with E-state index >= 15 is 0 Å². The van der Waals surface area contributed by atoms with Crippen molar-refractivity contribution < 1.29 is 4.39 Å². The highest BCUT2D eigenvalue weighted by Gasteiger charge is 2.20. The molecule has 0 unspecified atom stereocenters. The Kier molecular flexibility index (Phi) is 3.62. The number of hydrogen-bond acceptors (Lipinski definition) is 5. The van der Waals surface area contributed by atoms with Gasteiger partial charge in [0.05, 0.1) is 10.4 Å². The minimum atomic E-state index is -0.306. The summed E-state index contributed by atoms with van der Waals surface area (Å²) in [4.78, 5) is 11.5. The van der Waals surface area contributed by atoms with Crippen LogP contribution in [0.5, 0.6) is 0 Å². The highest BCUT2D eigenvalue weighted by atomic mass is 32.1. The molecule has 0 atom stereocenters. The van der Waals surface area contributed by atoms with Crippen molar-refractivity contribution in [1.29, 1.82) is 0 Å². The third-order valence-corrected chi connectivity index (χ3v) is 7.10. The summed E-state index contributed by atoms with van der Waals surface area (Å²) in [6, 6.07) is 3.82. The Bertz CT molecular complexity index is 1040. The van der Waals surface area contributed by atoms with Crippen LogP contribution in [0.2, 0.25) is 0 Å². The largest absolute Gasteiger partial charge is 0.317 e. The average molecular weight is 372 g/mol. The van der Waals surface area contributed by atoms with Gasteiger partial charge in [0.15, 0.2) is 11.5 Å². The number of hydrogen-bond donors (Lipinski definition) is 1. The van der Waals surface area contributed by atoms with E-state index in [1.165, 1.54) is 28.5 Å². The second-order valence-electron chi connectivity index (χ2n) is 6.55. The number of aryl methyl sites for hydroxylation is 1. The number of imidazole rings is 1. The molecule has 0 saturated carbocycles. The average Bonchev–Trinajstić information content (AvgIpc) is 3.27. The number of halogens is 1. The minimum absolute atomic E-state index is 0.306. The van der Waals surface area contributed by atoms with E-state index in [9.17, 15) is 4.39 Å². The number of fused-ring (bicyclic) bond motifs is 2. The van der Waals surface area contributed by atoms with Crippen molar-refractivity contribution in [1.82, 2.24) is 19.7 Å². The molecule has 4 aromatic heterocycles. The topological polar surface area (TPSA) is 42.2 Å². The summed E-state index contributed by atoms with van der Waals surface area (Å²) in [6.07, 6.45) is 6.15. The van der Waals surface area contributed by atoms with Crippen molar-refractivity contribution >= 4 is 37.9 Å². The normalized spacial score (nSPS) is 16.2. The van der Waals surface area contributed by atoms with Crippen LogP contribution in [0.4, 0.5) is 4.39 Å². The standard InChI is InChI=1S/C18H17FN4S2/c1-10-8-23-9-12(6-13(19)16(23)21-10)17-22-18-15(25-17)7-14(24-18)11-2-4-20-5-3-11/h6-9,11,20H,2-5H2,1H3. The van der Waals surface area contributed by atoms with Gasteiger partial charge in [0.2, 0.25) is 0 Å². The number of pyridine rings is 1. The van der Waals surface area contributed by atoms with Crippen molar-refractivity contribution in [3.63, 3.8) is 0 Å². The van der Waals surface area contributed by atoms with Gasteiger partial charge in [0.1, 0.15) is 9.84 Å². The fourth-order valence-corrected chi connectivity index (χ4v) is 5.85. The molecule has 1 aliphatic rings. The Morgan fingerprint density at radius 1 is 1.16 bits per heavy atom. The molecule has 1 N–H and O–H groups in total. The van der Waals surface area contributed by atoms with Crippen LogP contribution in [0.15, 0.2) is 24.5 Å². The molecular weight excluding hydrogens is 355 g/mol. The van der Waals surface area contributed by atoms with E-state index in [2.05, 4.69) is 16.4 Å². The van der Waals surface area contributed by atoms with Gasteiger partial charge in [-0.25, -0.2) is 14.4 Å². The molecule has 5 heterocycles. The van der Waals surface area contributed by atoms with Crippen molar-refractivity contribution in [2.24, 2.45) is 0 Å². The van der Waals surface area contributed by atoms with Crippen LogP contribution in [0, 0.1) is 12.7 Å².